The summed E-state index contributed by atoms with van der Waals surface area (Å²) in [4.78, 5) is 12.2. The largest absolute Gasteiger partial charge is 0.351 e. The zero-order valence-corrected chi connectivity index (χ0v) is 14.1. The van der Waals surface area contributed by atoms with E-state index in [1.807, 2.05) is 0 Å². The number of carbonyl (C=O) groups is 1. The zero-order chi connectivity index (χ0) is 15.8. The first-order chi connectivity index (χ1) is 9.58. The molecule has 21 heavy (non-hydrogen) atoms. The van der Waals surface area contributed by atoms with Gasteiger partial charge in [0.05, 0.1) is 0 Å². The molecule has 0 bridgehead atoms. The molecule has 0 atom stereocenters. The van der Waals surface area contributed by atoms with Gasteiger partial charge in [0.1, 0.15) is 10.6 Å². The fraction of sp³-hybridized carbons (Fsp3) is 0.643. The number of halogens is 1. The number of carbonyl (C=O) groups excluding carboxylic acids is 1. The van der Waals surface area contributed by atoms with Gasteiger partial charge in [-0.2, -0.15) is 0 Å². The minimum atomic E-state index is -3.82. The maximum absolute atomic E-state index is 12.3. The summed E-state index contributed by atoms with van der Waals surface area (Å²) in [6.07, 6.45) is 4.22. The number of nitrogens with one attached hydrogen (secondary N) is 1. The average molecular weight is 333 g/mol. The van der Waals surface area contributed by atoms with Crippen LogP contribution in [0.25, 0.3) is 0 Å². The molecule has 1 fully saturated rings. The highest BCUT2D eigenvalue weighted by atomic mass is 35.7. The molecule has 1 aromatic rings. The van der Waals surface area contributed by atoms with Gasteiger partial charge in [-0.15, -0.1) is 0 Å². The molecular weight excluding hydrogens is 312 g/mol. The van der Waals surface area contributed by atoms with Gasteiger partial charge in [0.15, 0.2) is 0 Å². The second kappa shape index (κ2) is 5.65. The van der Waals surface area contributed by atoms with Crippen LogP contribution in [0, 0.1) is 5.41 Å². The van der Waals surface area contributed by atoms with Crippen LogP contribution in [0.3, 0.4) is 0 Å². The van der Waals surface area contributed by atoms with Crippen molar-refractivity contribution in [3.8, 4) is 0 Å². The van der Waals surface area contributed by atoms with Gasteiger partial charge < -0.3 is 9.88 Å². The molecule has 7 heteroatoms. The summed E-state index contributed by atoms with van der Waals surface area (Å²) in [6.45, 7) is 6.86. The van der Waals surface area contributed by atoms with E-state index in [-0.39, 0.29) is 22.3 Å². The zero-order valence-electron chi connectivity index (χ0n) is 12.5. The van der Waals surface area contributed by atoms with Crippen molar-refractivity contribution in [2.24, 2.45) is 5.41 Å². The number of hydrogen-bond acceptors (Lipinski definition) is 3. The van der Waals surface area contributed by atoms with E-state index in [0.29, 0.717) is 12.2 Å². The standard InChI is InChI=1S/C14H21ClN2O3S/c1-14(2,3)6-7-16-13(18)12-8-11(21(15,19)20)9-17(12)10-4-5-10/h8-10H,4-7H2,1-3H3,(H,16,18). The Morgan fingerprint density at radius 3 is 2.52 bits per heavy atom. The van der Waals surface area contributed by atoms with E-state index in [4.69, 9.17) is 10.7 Å². The Hall–Kier alpha value is -1.01. The van der Waals surface area contributed by atoms with Crippen molar-refractivity contribution in [2.75, 3.05) is 6.54 Å². The van der Waals surface area contributed by atoms with Crippen molar-refractivity contribution in [3.05, 3.63) is 18.0 Å². The average Bonchev–Trinajstić information content (AvgIpc) is 3.04. The predicted molar refractivity (Wildman–Crippen MR) is 82.1 cm³/mol. The Morgan fingerprint density at radius 2 is 2.05 bits per heavy atom. The third kappa shape index (κ3) is 4.48. The van der Waals surface area contributed by atoms with E-state index in [9.17, 15) is 13.2 Å². The normalized spacial score (nSPS) is 16.0. The molecule has 1 aliphatic rings. The topological polar surface area (TPSA) is 68.2 Å². The summed E-state index contributed by atoms with van der Waals surface area (Å²) >= 11 is 0. The van der Waals surface area contributed by atoms with Crippen LogP contribution in [0.5, 0.6) is 0 Å². The van der Waals surface area contributed by atoms with Crippen LogP contribution in [0.4, 0.5) is 0 Å². The first-order valence-electron chi connectivity index (χ1n) is 7.03. The highest BCUT2D eigenvalue weighted by Crippen LogP contribution is 2.37. The van der Waals surface area contributed by atoms with Crippen molar-refractivity contribution in [1.29, 1.82) is 0 Å². The molecule has 1 saturated carbocycles. The number of aromatic nitrogens is 1. The Labute approximate surface area is 130 Å². The summed E-state index contributed by atoms with van der Waals surface area (Å²) in [5.74, 6) is -0.252. The first kappa shape index (κ1) is 16.4. The van der Waals surface area contributed by atoms with E-state index in [1.54, 1.807) is 4.57 Å². The van der Waals surface area contributed by atoms with Crippen LogP contribution in [0.15, 0.2) is 17.2 Å². The third-order valence-corrected chi connectivity index (χ3v) is 4.76. The van der Waals surface area contributed by atoms with Gasteiger partial charge in [-0.1, -0.05) is 20.8 Å². The number of amides is 1. The smallest absolute Gasteiger partial charge is 0.267 e. The van der Waals surface area contributed by atoms with Gasteiger partial charge in [-0.25, -0.2) is 8.42 Å². The van der Waals surface area contributed by atoms with E-state index in [2.05, 4.69) is 26.1 Å². The summed E-state index contributed by atoms with van der Waals surface area (Å²) in [5, 5.41) is 2.85. The van der Waals surface area contributed by atoms with Crippen LogP contribution in [0.1, 0.15) is 56.6 Å². The van der Waals surface area contributed by atoms with Crippen LogP contribution >= 0.6 is 10.7 Å². The first-order valence-corrected chi connectivity index (χ1v) is 9.33. The van der Waals surface area contributed by atoms with Gasteiger partial charge in [-0.3, -0.25) is 4.79 Å². The van der Waals surface area contributed by atoms with Crippen molar-refractivity contribution < 1.29 is 13.2 Å². The lowest BCUT2D eigenvalue weighted by Gasteiger charge is -2.18. The molecular formula is C14H21ClN2O3S. The fourth-order valence-electron chi connectivity index (χ4n) is 2.07. The summed E-state index contributed by atoms with van der Waals surface area (Å²) in [5.41, 5.74) is 0.502. The molecule has 0 aliphatic heterocycles. The van der Waals surface area contributed by atoms with Crippen molar-refractivity contribution in [2.45, 2.75) is 51.0 Å². The molecule has 1 N–H and O–H groups in total. The number of nitrogens with zero attached hydrogens (tertiary/aromatic N) is 1. The molecule has 118 valence electrons. The molecule has 0 aromatic carbocycles. The Morgan fingerprint density at radius 1 is 1.43 bits per heavy atom. The molecule has 1 heterocycles. The van der Waals surface area contributed by atoms with Crippen LogP contribution in [-0.2, 0) is 9.05 Å². The second-order valence-electron chi connectivity index (χ2n) is 6.70. The van der Waals surface area contributed by atoms with Crippen molar-refractivity contribution >= 4 is 25.6 Å². The molecule has 1 aliphatic carbocycles. The summed E-state index contributed by atoms with van der Waals surface area (Å²) < 4.78 is 24.6. The Bertz CT molecular complexity index is 640. The minimum absolute atomic E-state index is 0.0166. The predicted octanol–water partition coefficient (Wildman–Crippen LogP) is 2.92. The van der Waals surface area contributed by atoms with Crippen LogP contribution in [-0.4, -0.2) is 25.4 Å². The maximum atomic E-state index is 12.3. The van der Waals surface area contributed by atoms with Gasteiger partial charge >= 0.3 is 0 Å². The lowest BCUT2D eigenvalue weighted by atomic mass is 9.92. The SMILES string of the molecule is CC(C)(C)CCNC(=O)c1cc(S(=O)(=O)Cl)cn1C1CC1. The van der Waals surface area contributed by atoms with Crippen LogP contribution < -0.4 is 5.32 Å². The van der Waals surface area contributed by atoms with Gasteiger partial charge in [0, 0.05) is 29.5 Å². The summed E-state index contributed by atoms with van der Waals surface area (Å²) in [6, 6.07) is 1.56. The monoisotopic (exact) mass is 332 g/mol. The Kier molecular flexibility index (Phi) is 4.40. The van der Waals surface area contributed by atoms with Crippen LogP contribution in [0.2, 0.25) is 0 Å². The quantitative estimate of drug-likeness (QED) is 0.843. The van der Waals surface area contributed by atoms with Gasteiger partial charge in [-0.05, 0) is 30.7 Å². The lowest BCUT2D eigenvalue weighted by molar-refractivity contribution is 0.0940. The van der Waals surface area contributed by atoms with Crippen molar-refractivity contribution in [1.82, 2.24) is 9.88 Å². The fourth-order valence-corrected chi connectivity index (χ4v) is 2.81. The van der Waals surface area contributed by atoms with Gasteiger partial charge in [0.2, 0.25) is 0 Å². The lowest BCUT2D eigenvalue weighted by Crippen LogP contribution is -2.28. The molecule has 2 rings (SSSR count). The number of rotatable bonds is 5. The molecule has 0 saturated heterocycles. The molecule has 5 nitrogen and oxygen atoms in total. The highest BCUT2D eigenvalue weighted by Gasteiger charge is 2.30. The third-order valence-electron chi connectivity index (χ3n) is 3.44. The molecule has 1 aromatic heterocycles. The Balaban J connectivity index is 2.14. The molecule has 0 spiro atoms. The van der Waals surface area contributed by atoms with E-state index in [1.165, 1.54) is 12.3 Å². The number of hydrogen-bond donors (Lipinski definition) is 1. The minimum Gasteiger partial charge on any atom is -0.351 e. The van der Waals surface area contributed by atoms with E-state index in [0.717, 1.165) is 19.3 Å². The summed E-state index contributed by atoms with van der Waals surface area (Å²) in [7, 11) is 1.55. The van der Waals surface area contributed by atoms with E-state index < -0.39 is 9.05 Å². The maximum Gasteiger partial charge on any atom is 0.267 e. The molecule has 1 amide bonds. The van der Waals surface area contributed by atoms with E-state index >= 15 is 0 Å². The highest BCUT2D eigenvalue weighted by molar-refractivity contribution is 8.13. The van der Waals surface area contributed by atoms with Gasteiger partial charge in [0.25, 0.3) is 15.0 Å². The van der Waals surface area contributed by atoms with Crippen molar-refractivity contribution in [3.63, 3.8) is 0 Å². The molecule has 0 radical (unpaired) electrons. The molecule has 0 unspecified atom stereocenters. The second-order valence-corrected chi connectivity index (χ2v) is 9.27.